The van der Waals surface area contributed by atoms with Gasteiger partial charge >= 0.3 is 0 Å². The Kier molecular flexibility index (Phi) is 5.07. The predicted octanol–water partition coefficient (Wildman–Crippen LogP) is 3.07. The van der Waals surface area contributed by atoms with E-state index in [0.717, 1.165) is 11.9 Å². The minimum atomic E-state index is -0.270. The summed E-state index contributed by atoms with van der Waals surface area (Å²) >= 11 is 0. The fourth-order valence-corrected chi connectivity index (χ4v) is 1.42. The van der Waals surface area contributed by atoms with E-state index in [0.29, 0.717) is 18.7 Å². The maximum atomic E-state index is 12.9. The van der Waals surface area contributed by atoms with E-state index in [4.69, 9.17) is 0 Å². The van der Waals surface area contributed by atoms with Crippen molar-refractivity contribution in [3.63, 3.8) is 0 Å². The van der Waals surface area contributed by atoms with Crippen molar-refractivity contribution >= 4 is 6.29 Å². The second kappa shape index (κ2) is 6.58. The maximum absolute atomic E-state index is 12.9. The second-order valence-electron chi connectivity index (χ2n) is 3.60. The third-order valence-electron chi connectivity index (χ3n) is 2.15. The molecule has 0 fully saturated rings. The number of aldehydes is 1. The average Bonchev–Trinajstić information content (AvgIpc) is 2.72. The summed E-state index contributed by atoms with van der Waals surface area (Å²) in [6, 6.07) is 0. The monoisotopic (exact) mass is 234 g/mol. The molecular formula is C13H15FN2O. The first-order chi connectivity index (χ1) is 8.17. The molecule has 1 aromatic rings. The van der Waals surface area contributed by atoms with Crippen molar-refractivity contribution < 1.29 is 9.18 Å². The van der Waals surface area contributed by atoms with Gasteiger partial charge in [0.2, 0.25) is 0 Å². The van der Waals surface area contributed by atoms with Crippen LogP contribution in [0, 0.1) is 0 Å². The van der Waals surface area contributed by atoms with E-state index in [9.17, 15) is 9.18 Å². The topological polar surface area (TPSA) is 34.9 Å². The first-order valence-electron chi connectivity index (χ1n) is 5.26. The molecule has 0 aliphatic rings. The molecule has 1 heterocycles. The first kappa shape index (κ1) is 13.1. The van der Waals surface area contributed by atoms with E-state index < -0.39 is 0 Å². The number of aromatic nitrogens is 2. The summed E-state index contributed by atoms with van der Waals surface area (Å²) in [6.45, 7) is 5.41. The smallest absolute Gasteiger partial charge is 0.168 e. The number of hydrogen-bond donors (Lipinski definition) is 0. The van der Waals surface area contributed by atoms with Gasteiger partial charge in [0.05, 0.1) is 18.4 Å². The van der Waals surface area contributed by atoms with Gasteiger partial charge in [-0.3, -0.25) is 4.79 Å². The van der Waals surface area contributed by atoms with E-state index in [2.05, 4.69) is 11.6 Å². The molecule has 0 aliphatic heterocycles. The zero-order chi connectivity index (χ0) is 12.7. The molecular weight excluding hydrogens is 219 g/mol. The average molecular weight is 234 g/mol. The van der Waals surface area contributed by atoms with Crippen molar-refractivity contribution in [2.24, 2.45) is 0 Å². The highest BCUT2D eigenvalue weighted by atomic mass is 19.1. The largest absolute Gasteiger partial charge is 0.324 e. The molecule has 0 spiro atoms. The first-order valence-corrected chi connectivity index (χ1v) is 5.26. The quantitative estimate of drug-likeness (QED) is 0.430. The summed E-state index contributed by atoms with van der Waals surface area (Å²) in [5.41, 5.74) is 1.26. The number of nitrogens with zero attached hydrogens (tertiary/aromatic N) is 2. The van der Waals surface area contributed by atoms with Crippen molar-refractivity contribution in [3.05, 3.63) is 54.4 Å². The Balaban J connectivity index is 2.90. The van der Waals surface area contributed by atoms with E-state index in [-0.39, 0.29) is 5.83 Å². The highest BCUT2D eigenvalue weighted by Gasteiger charge is 2.02. The third kappa shape index (κ3) is 4.18. The molecule has 0 amide bonds. The van der Waals surface area contributed by atoms with Crippen LogP contribution in [0.5, 0.6) is 0 Å². The summed E-state index contributed by atoms with van der Waals surface area (Å²) in [7, 11) is 0. The molecule has 0 bridgehead atoms. The highest BCUT2D eigenvalue weighted by Crippen LogP contribution is 2.09. The molecule has 0 N–H and O–H groups in total. The van der Waals surface area contributed by atoms with E-state index in [1.807, 2.05) is 6.08 Å². The summed E-state index contributed by atoms with van der Waals surface area (Å²) in [5, 5.41) is 0. The lowest BCUT2D eigenvalue weighted by atomic mass is 10.2. The molecule has 0 aromatic carbocycles. The lowest BCUT2D eigenvalue weighted by Gasteiger charge is -2.05. The lowest BCUT2D eigenvalue weighted by Crippen LogP contribution is -2.02. The molecule has 0 aliphatic carbocycles. The van der Waals surface area contributed by atoms with E-state index >= 15 is 0 Å². The van der Waals surface area contributed by atoms with Crippen molar-refractivity contribution in [1.29, 1.82) is 0 Å². The van der Waals surface area contributed by atoms with E-state index in [1.54, 1.807) is 17.0 Å². The minimum absolute atomic E-state index is 0.270. The number of carbonyl (C=O) groups excluding carboxylic acids is 1. The van der Waals surface area contributed by atoms with Gasteiger partial charge in [-0.15, -0.1) is 6.58 Å². The molecule has 0 radical (unpaired) electrons. The number of imidazole rings is 1. The maximum Gasteiger partial charge on any atom is 0.168 e. The fraction of sp³-hybridized carbons (Fsp3) is 0.231. The van der Waals surface area contributed by atoms with Crippen LogP contribution in [0.3, 0.4) is 0 Å². The molecule has 4 heteroatoms. The molecule has 0 atom stereocenters. The Morgan fingerprint density at radius 1 is 1.65 bits per heavy atom. The van der Waals surface area contributed by atoms with Gasteiger partial charge < -0.3 is 4.57 Å². The van der Waals surface area contributed by atoms with Crippen LogP contribution in [-0.2, 0) is 6.54 Å². The Morgan fingerprint density at radius 3 is 3.00 bits per heavy atom. The fourth-order valence-electron chi connectivity index (χ4n) is 1.42. The number of halogens is 1. The van der Waals surface area contributed by atoms with Crippen LogP contribution in [0.15, 0.2) is 48.7 Å². The van der Waals surface area contributed by atoms with Gasteiger partial charge in [0.25, 0.3) is 0 Å². The standard InChI is InChI=1S/C13H15FN2O/c1-3-4-5-12(6-11(2)14)8-16-10-15-7-13(16)9-17/h3,5-7,9-10H,1,4,8H2,2H3/b11-6+,12-5+. The zero-order valence-electron chi connectivity index (χ0n) is 9.77. The Labute approximate surface area is 100.0 Å². The van der Waals surface area contributed by atoms with Crippen molar-refractivity contribution in [2.45, 2.75) is 19.9 Å². The summed E-state index contributed by atoms with van der Waals surface area (Å²) < 4.78 is 14.6. The van der Waals surface area contributed by atoms with Crippen molar-refractivity contribution in [3.8, 4) is 0 Å². The number of carbonyl (C=O) groups is 1. The Morgan fingerprint density at radius 2 is 2.41 bits per heavy atom. The number of allylic oxidation sites excluding steroid dienone is 5. The van der Waals surface area contributed by atoms with Crippen LogP contribution in [0.25, 0.3) is 0 Å². The molecule has 0 saturated heterocycles. The summed E-state index contributed by atoms with van der Waals surface area (Å²) in [5.74, 6) is -0.270. The van der Waals surface area contributed by atoms with Gasteiger partial charge in [-0.05, 0) is 25.0 Å². The number of hydrogen-bond acceptors (Lipinski definition) is 2. The summed E-state index contributed by atoms with van der Waals surface area (Å²) in [4.78, 5) is 14.6. The number of rotatable bonds is 6. The van der Waals surface area contributed by atoms with Crippen molar-refractivity contribution in [1.82, 2.24) is 9.55 Å². The molecule has 1 rings (SSSR count). The second-order valence-corrected chi connectivity index (χ2v) is 3.60. The molecule has 0 saturated carbocycles. The van der Waals surface area contributed by atoms with Crippen LogP contribution < -0.4 is 0 Å². The molecule has 3 nitrogen and oxygen atoms in total. The van der Waals surface area contributed by atoms with Crippen molar-refractivity contribution in [2.75, 3.05) is 0 Å². The zero-order valence-corrected chi connectivity index (χ0v) is 9.77. The SMILES string of the molecule is C=CC/C=C(\C=C(/C)F)Cn1cncc1C=O. The van der Waals surface area contributed by atoms with Crippen LogP contribution in [0.2, 0.25) is 0 Å². The van der Waals surface area contributed by atoms with Gasteiger partial charge in [0.15, 0.2) is 6.29 Å². The van der Waals surface area contributed by atoms with Crippen LogP contribution in [0.4, 0.5) is 4.39 Å². The minimum Gasteiger partial charge on any atom is -0.324 e. The lowest BCUT2D eigenvalue weighted by molar-refractivity contribution is 0.111. The Hall–Kier alpha value is -1.97. The van der Waals surface area contributed by atoms with Gasteiger partial charge in [0, 0.05) is 6.54 Å². The van der Waals surface area contributed by atoms with Crippen LogP contribution in [-0.4, -0.2) is 15.8 Å². The van der Waals surface area contributed by atoms with Gasteiger partial charge in [-0.2, -0.15) is 0 Å². The highest BCUT2D eigenvalue weighted by molar-refractivity contribution is 5.71. The molecule has 1 aromatic heterocycles. The normalized spacial score (nSPS) is 12.6. The Bertz CT molecular complexity index is 454. The molecule has 17 heavy (non-hydrogen) atoms. The summed E-state index contributed by atoms with van der Waals surface area (Å²) in [6.07, 6.45) is 9.45. The van der Waals surface area contributed by atoms with Crippen LogP contribution in [0.1, 0.15) is 23.8 Å². The molecule has 90 valence electrons. The third-order valence-corrected chi connectivity index (χ3v) is 2.15. The van der Waals surface area contributed by atoms with E-state index in [1.165, 1.54) is 19.2 Å². The predicted molar refractivity (Wildman–Crippen MR) is 65.4 cm³/mol. The van der Waals surface area contributed by atoms with Gasteiger partial charge in [-0.1, -0.05) is 12.2 Å². The van der Waals surface area contributed by atoms with Gasteiger partial charge in [-0.25, -0.2) is 9.37 Å². The van der Waals surface area contributed by atoms with Gasteiger partial charge in [0.1, 0.15) is 5.69 Å². The molecule has 0 unspecified atom stereocenters. The van der Waals surface area contributed by atoms with Crippen LogP contribution >= 0.6 is 0 Å².